The van der Waals surface area contributed by atoms with Gasteiger partial charge in [-0.2, -0.15) is 0 Å². The molecular formula is C28H31N5O4. The molecule has 2 aromatic rings. The maximum absolute atomic E-state index is 13.4. The summed E-state index contributed by atoms with van der Waals surface area (Å²) in [5.74, 6) is -0.891. The molecule has 1 unspecified atom stereocenters. The van der Waals surface area contributed by atoms with Gasteiger partial charge in [0.15, 0.2) is 0 Å². The maximum Gasteiger partial charge on any atom is 0.259 e. The summed E-state index contributed by atoms with van der Waals surface area (Å²) in [5.41, 5.74) is 8.82. The normalized spacial score (nSPS) is 21.7. The van der Waals surface area contributed by atoms with Crippen molar-refractivity contribution in [2.45, 2.75) is 57.5 Å². The number of hydrogen-bond acceptors (Lipinski definition) is 6. The van der Waals surface area contributed by atoms with E-state index < -0.39 is 11.9 Å². The summed E-state index contributed by atoms with van der Waals surface area (Å²) in [6.45, 7) is 5.08. The highest BCUT2D eigenvalue weighted by Gasteiger charge is 2.40. The number of benzene rings is 2. The molecule has 2 saturated heterocycles. The molecule has 0 radical (unpaired) electrons. The van der Waals surface area contributed by atoms with Crippen LogP contribution >= 0.6 is 0 Å². The van der Waals surface area contributed by atoms with Crippen molar-refractivity contribution >= 4 is 46.3 Å². The van der Waals surface area contributed by atoms with E-state index in [0.29, 0.717) is 37.2 Å². The second-order valence-electron chi connectivity index (χ2n) is 10.3. The molecule has 0 spiro atoms. The second kappa shape index (κ2) is 9.46. The number of nitrogens with two attached hydrogens (primary N) is 1. The first-order chi connectivity index (χ1) is 17.7. The second-order valence-corrected chi connectivity index (χ2v) is 10.3. The Morgan fingerprint density at radius 2 is 1.95 bits per heavy atom. The largest absolute Gasteiger partial charge is 0.404 e. The molecule has 3 N–H and O–H groups in total. The number of nitrogens with one attached hydrogen (secondary N) is 1. The number of piperidine rings is 2. The van der Waals surface area contributed by atoms with Gasteiger partial charge >= 0.3 is 0 Å². The maximum atomic E-state index is 13.4. The van der Waals surface area contributed by atoms with Crippen molar-refractivity contribution in [3.05, 3.63) is 53.2 Å². The predicted molar refractivity (Wildman–Crippen MR) is 141 cm³/mol. The van der Waals surface area contributed by atoms with Crippen LogP contribution in [-0.4, -0.2) is 59.4 Å². The Morgan fingerprint density at radius 3 is 2.62 bits per heavy atom. The van der Waals surface area contributed by atoms with Gasteiger partial charge in [-0.1, -0.05) is 18.2 Å². The molecule has 3 aliphatic heterocycles. The molecule has 9 heteroatoms. The number of likely N-dealkylation sites (tertiary alicyclic amines) is 1. The number of rotatable bonds is 5. The lowest BCUT2D eigenvalue weighted by atomic mass is 9.90. The highest BCUT2D eigenvalue weighted by atomic mass is 16.2. The highest BCUT2D eigenvalue weighted by Crippen LogP contribution is 2.41. The topological polar surface area (TPSA) is 125 Å². The minimum absolute atomic E-state index is 0.0928. The van der Waals surface area contributed by atoms with Crippen molar-refractivity contribution in [3.63, 3.8) is 0 Å². The van der Waals surface area contributed by atoms with E-state index in [4.69, 9.17) is 10.7 Å². The van der Waals surface area contributed by atoms with Gasteiger partial charge in [-0.05, 0) is 61.0 Å². The van der Waals surface area contributed by atoms with Gasteiger partial charge in [-0.15, -0.1) is 0 Å². The van der Waals surface area contributed by atoms with Crippen molar-refractivity contribution in [3.8, 4) is 0 Å². The van der Waals surface area contributed by atoms with Crippen LogP contribution < -0.4 is 16.0 Å². The Balaban J connectivity index is 1.40. The number of carbonyl (C=O) groups is 4. The molecule has 37 heavy (non-hydrogen) atoms. The van der Waals surface area contributed by atoms with Crippen LogP contribution in [0.4, 0.5) is 5.69 Å². The molecule has 9 nitrogen and oxygen atoms in total. The fourth-order valence-electron chi connectivity index (χ4n) is 5.50. The smallest absolute Gasteiger partial charge is 0.259 e. The summed E-state index contributed by atoms with van der Waals surface area (Å²) in [4.78, 5) is 57.4. The van der Waals surface area contributed by atoms with E-state index in [9.17, 15) is 19.2 Å². The molecule has 0 bridgehead atoms. The van der Waals surface area contributed by atoms with Crippen LogP contribution in [0.3, 0.4) is 0 Å². The lowest BCUT2D eigenvalue weighted by Gasteiger charge is -2.36. The number of imide groups is 1. The van der Waals surface area contributed by atoms with Crippen LogP contribution in [0.5, 0.6) is 0 Å². The number of hydrogen-bond donors (Lipinski definition) is 2. The highest BCUT2D eigenvalue weighted by molar-refractivity contribution is 6.27. The van der Waals surface area contributed by atoms with E-state index in [1.807, 2.05) is 35.4 Å². The summed E-state index contributed by atoms with van der Waals surface area (Å²) < 4.78 is 0. The summed E-state index contributed by atoms with van der Waals surface area (Å²) in [6, 6.07) is 8.72. The van der Waals surface area contributed by atoms with Gasteiger partial charge in [0.2, 0.25) is 17.7 Å². The molecule has 192 valence electrons. The summed E-state index contributed by atoms with van der Waals surface area (Å²) in [5, 5.41) is 4.09. The fourth-order valence-corrected chi connectivity index (χ4v) is 5.50. The van der Waals surface area contributed by atoms with Gasteiger partial charge in [0.05, 0.1) is 11.2 Å². The number of allylic oxidation sites excluding steroid dienone is 1. The molecule has 3 heterocycles. The Bertz CT molecular complexity index is 1370. The molecule has 0 aliphatic carbocycles. The van der Waals surface area contributed by atoms with Crippen LogP contribution in [0.25, 0.3) is 10.8 Å². The summed E-state index contributed by atoms with van der Waals surface area (Å²) in [7, 11) is 0. The van der Waals surface area contributed by atoms with Gasteiger partial charge < -0.3 is 10.6 Å². The molecule has 2 fully saturated rings. The van der Waals surface area contributed by atoms with Gasteiger partial charge in [0.25, 0.3) is 5.91 Å². The lowest BCUT2D eigenvalue weighted by molar-refractivity contribution is -0.134. The molecular weight excluding hydrogens is 470 g/mol. The van der Waals surface area contributed by atoms with Gasteiger partial charge in [0, 0.05) is 50.0 Å². The Hall–Kier alpha value is -4.01. The Morgan fingerprint density at radius 1 is 1.19 bits per heavy atom. The molecule has 0 saturated carbocycles. The van der Waals surface area contributed by atoms with Crippen LogP contribution in [-0.2, 0) is 20.8 Å². The van der Waals surface area contributed by atoms with Crippen molar-refractivity contribution in [1.82, 2.24) is 10.2 Å². The van der Waals surface area contributed by atoms with E-state index in [0.717, 1.165) is 34.8 Å². The molecule has 4 amide bonds. The Kier molecular flexibility index (Phi) is 6.31. The first-order valence-corrected chi connectivity index (χ1v) is 12.6. The molecule has 5 rings (SSSR count). The van der Waals surface area contributed by atoms with E-state index in [2.05, 4.69) is 12.2 Å². The third-order valence-corrected chi connectivity index (χ3v) is 7.78. The number of carbonyl (C=O) groups excluding carboxylic acids is 4. The number of anilines is 1. The van der Waals surface area contributed by atoms with Crippen molar-refractivity contribution in [2.24, 2.45) is 10.7 Å². The Labute approximate surface area is 215 Å². The predicted octanol–water partition coefficient (Wildman–Crippen LogP) is 2.46. The zero-order valence-corrected chi connectivity index (χ0v) is 21.1. The van der Waals surface area contributed by atoms with Gasteiger partial charge in [-0.3, -0.25) is 34.4 Å². The average Bonchev–Trinajstić information content (AvgIpc) is 3.16. The van der Waals surface area contributed by atoms with Crippen molar-refractivity contribution in [2.75, 3.05) is 18.0 Å². The average molecular weight is 502 g/mol. The van der Waals surface area contributed by atoms with E-state index in [1.165, 1.54) is 4.90 Å². The van der Waals surface area contributed by atoms with Gasteiger partial charge in [0.1, 0.15) is 6.04 Å². The van der Waals surface area contributed by atoms with E-state index in [1.54, 1.807) is 19.2 Å². The third kappa shape index (κ3) is 4.50. The fraction of sp³-hybridized carbons (Fsp3) is 0.393. The van der Waals surface area contributed by atoms with Crippen LogP contribution in [0, 0.1) is 0 Å². The number of aliphatic imine (C=N–C) groups is 1. The first kappa shape index (κ1) is 24.7. The SMILES string of the molecule is CC(=O)N1CCC(C)(N=CC(=CN)Cc2ccc3c4c(cccc24)C(=O)N3C2CCC(=O)NC2=O)CC1. The lowest BCUT2D eigenvalue weighted by Crippen LogP contribution is -2.53. The minimum Gasteiger partial charge on any atom is -0.404 e. The minimum atomic E-state index is -0.714. The van der Waals surface area contributed by atoms with E-state index >= 15 is 0 Å². The summed E-state index contributed by atoms with van der Waals surface area (Å²) in [6.07, 6.45) is 6.00. The standard InChI is InChI=1S/C28H31N5O4/c1-17(34)32-12-10-28(2,11-13-32)30-16-18(15-29)14-19-6-7-22-25-20(19)4-3-5-21(25)27(37)33(22)23-8-9-24(35)31-26(23)36/h3-7,15-16,23H,8-14,29H2,1-2H3,(H,31,35,36). The van der Waals surface area contributed by atoms with Crippen LogP contribution in [0.2, 0.25) is 0 Å². The van der Waals surface area contributed by atoms with E-state index in [-0.39, 0.29) is 29.7 Å². The number of nitrogens with zero attached hydrogens (tertiary/aromatic N) is 3. The zero-order valence-electron chi connectivity index (χ0n) is 21.1. The van der Waals surface area contributed by atoms with Crippen molar-refractivity contribution in [1.29, 1.82) is 0 Å². The van der Waals surface area contributed by atoms with Crippen molar-refractivity contribution < 1.29 is 19.2 Å². The quantitative estimate of drug-likeness (QED) is 0.481. The molecule has 0 aromatic heterocycles. The first-order valence-electron chi connectivity index (χ1n) is 12.6. The molecule has 2 aromatic carbocycles. The molecule has 3 aliphatic rings. The number of amides is 4. The van der Waals surface area contributed by atoms with Crippen LogP contribution in [0.1, 0.15) is 55.5 Å². The van der Waals surface area contributed by atoms with Gasteiger partial charge in [-0.25, -0.2) is 0 Å². The monoisotopic (exact) mass is 501 g/mol. The molecule has 1 atom stereocenters. The van der Waals surface area contributed by atoms with Crippen LogP contribution in [0.15, 0.2) is 47.1 Å². The summed E-state index contributed by atoms with van der Waals surface area (Å²) >= 11 is 0. The zero-order chi connectivity index (χ0) is 26.3. The third-order valence-electron chi connectivity index (χ3n) is 7.78.